The highest BCUT2D eigenvalue weighted by atomic mass is 16.5. The normalized spacial score (nSPS) is 16.1. The van der Waals surface area contributed by atoms with Gasteiger partial charge in [-0.3, -0.25) is 4.79 Å². The summed E-state index contributed by atoms with van der Waals surface area (Å²) in [6, 6.07) is 10.8. The molecule has 1 atom stereocenters. The molecule has 1 unspecified atom stereocenters. The fourth-order valence-corrected chi connectivity index (χ4v) is 4.22. The quantitative estimate of drug-likeness (QED) is 0.707. The number of hydrogen-bond donors (Lipinski definition) is 2. The summed E-state index contributed by atoms with van der Waals surface area (Å²) >= 11 is 0. The van der Waals surface area contributed by atoms with E-state index in [0.29, 0.717) is 0 Å². The Kier molecular flexibility index (Phi) is 4.88. The molecule has 0 bridgehead atoms. The van der Waals surface area contributed by atoms with Crippen LogP contribution in [0.25, 0.3) is 10.9 Å². The lowest BCUT2D eigenvalue weighted by atomic mass is 9.91. The molecule has 0 saturated heterocycles. The van der Waals surface area contributed by atoms with Crippen LogP contribution >= 0.6 is 0 Å². The predicted molar refractivity (Wildman–Crippen MR) is 113 cm³/mol. The Morgan fingerprint density at radius 2 is 1.93 bits per heavy atom. The molecule has 1 aliphatic rings. The maximum Gasteiger partial charge on any atom is 0.258 e. The van der Waals surface area contributed by atoms with Crippen LogP contribution < -0.4 is 10.1 Å². The van der Waals surface area contributed by atoms with E-state index in [1.807, 2.05) is 19.9 Å². The van der Waals surface area contributed by atoms with Crippen LogP contribution in [0.15, 0.2) is 30.3 Å². The standard InChI is InChI=1S/C24H28N2O2/c1-14-5-10-21-20(11-14)19-9-8-18(12-22(19)26-21)25-23(27)13-28-24-16(3)7-6-15(2)17(24)4/h5-7,10-11,18,26H,8-9,12-13H2,1-4H3,(H,25,27). The number of H-pyrrole nitrogens is 1. The maximum absolute atomic E-state index is 12.5. The number of fused-ring (bicyclic) bond motifs is 3. The van der Waals surface area contributed by atoms with Gasteiger partial charge in [-0.05, 0) is 74.9 Å². The van der Waals surface area contributed by atoms with Crippen molar-refractivity contribution >= 4 is 16.8 Å². The Hall–Kier alpha value is -2.75. The van der Waals surface area contributed by atoms with Crippen LogP contribution in [0.3, 0.4) is 0 Å². The topological polar surface area (TPSA) is 54.1 Å². The summed E-state index contributed by atoms with van der Waals surface area (Å²) in [4.78, 5) is 16.0. The maximum atomic E-state index is 12.5. The molecule has 3 aromatic rings. The highest BCUT2D eigenvalue weighted by Crippen LogP contribution is 2.30. The molecule has 4 nitrogen and oxygen atoms in total. The lowest BCUT2D eigenvalue weighted by Crippen LogP contribution is -2.41. The number of carbonyl (C=O) groups is 1. The second-order valence-electron chi connectivity index (χ2n) is 8.08. The third-order valence-corrected chi connectivity index (χ3v) is 5.93. The van der Waals surface area contributed by atoms with Gasteiger partial charge in [0, 0.05) is 29.1 Å². The minimum Gasteiger partial charge on any atom is -0.483 e. The van der Waals surface area contributed by atoms with Crippen LogP contribution in [0.2, 0.25) is 0 Å². The Morgan fingerprint density at radius 3 is 2.75 bits per heavy atom. The van der Waals surface area contributed by atoms with E-state index < -0.39 is 0 Å². The molecule has 1 aliphatic carbocycles. The fraction of sp³-hybridized carbons (Fsp3) is 0.375. The Bertz CT molecular complexity index is 1050. The van der Waals surface area contributed by atoms with Crippen molar-refractivity contribution in [1.82, 2.24) is 10.3 Å². The van der Waals surface area contributed by atoms with E-state index in [1.54, 1.807) is 0 Å². The molecule has 0 radical (unpaired) electrons. The van der Waals surface area contributed by atoms with Crippen molar-refractivity contribution in [2.45, 2.75) is 53.0 Å². The second-order valence-corrected chi connectivity index (χ2v) is 8.08. The van der Waals surface area contributed by atoms with Crippen LogP contribution in [0, 0.1) is 27.7 Å². The minimum absolute atomic E-state index is 0.0549. The number of nitrogens with one attached hydrogen (secondary N) is 2. The van der Waals surface area contributed by atoms with Gasteiger partial charge in [-0.1, -0.05) is 23.8 Å². The van der Waals surface area contributed by atoms with E-state index >= 15 is 0 Å². The lowest BCUT2D eigenvalue weighted by molar-refractivity contribution is -0.123. The zero-order valence-corrected chi connectivity index (χ0v) is 17.1. The van der Waals surface area contributed by atoms with E-state index in [9.17, 15) is 4.79 Å². The first kappa shape index (κ1) is 18.6. The third kappa shape index (κ3) is 3.51. The van der Waals surface area contributed by atoms with Gasteiger partial charge >= 0.3 is 0 Å². The number of hydrogen-bond acceptors (Lipinski definition) is 2. The SMILES string of the molecule is Cc1ccc2[nH]c3c(c2c1)CCC(NC(=O)COc1c(C)ccc(C)c1C)C3. The number of benzene rings is 2. The van der Waals surface area contributed by atoms with Gasteiger partial charge in [0.1, 0.15) is 5.75 Å². The first-order valence-electron chi connectivity index (χ1n) is 10.0. The average molecular weight is 377 g/mol. The fourth-order valence-electron chi connectivity index (χ4n) is 4.22. The largest absolute Gasteiger partial charge is 0.483 e. The summed E-state index contributed by atoms with van der Waals surface area (Å²) in [5.41, 5.74) is 8.47. The molecule has 4 rings (SSSR count). The molecule has 0 aliphatic heterocycles. The van der Waals surface area contributed by atoms with Crippen LogP contribution in [-0.2, 0) is 17.6 Å². The molecule has 146 valence electrons. The van der Waals surface area contributed by atoms with Crippen LogP contribution in [-0.4, -0.2) is 23.5 Å². The van der Waals surface area contributed by atoms with Crippen LogP contribution in [0.1, 0.15) is 39.9 Å². The summed E-state index contributed by atoms with van der Waals surface area (Å²) in [5.74, 6) is 0.771. The Balaban J connectivity index is 1.40. The van der Waals surface area contributed by atoms with E-state index in [2.05, 4.69) is 48.4 Å². The van der Waals surface area contributed by atoms with Crippen molar-refractivity contribution in [2.24, 2.45) is 0 Å². The number of amides is 1. The molecule has 2 N–H and O–H groups in total. The van der Waals surface area contributed by atoms with Crippen molar-refractivity contribution in [3.05, 3.63) is 63.8 Å². The van der Waals surface area contributed by atoms with Crippen molar-refractivity contribution in [3.8, 4) is 5.75 Å². The zero-order chi connectivity index (χ0) is 19.8. The van der Waals surface area contributed by atoms with Gasteiger partial charge < -0.3 is 15.0 Å². The number of carbonyl (C=O) groups excluding carboxylic acids is 1. The van der Waals surface area contributed by atoms with Gasteiger partial charge in [-0.15, -0.1) is 0 Å². The predicted octanol–water partition coefficient (Wildman–Crippen LogP) is 4.45. The van der Waals surface area contributed by atoms with Crippen LogP contribution in [0.5, 0.6) is 5.75 Å². The van der Waals surface area contributed by atoms with Gasteiger partial charge in [0.25, 0.3) is 5.91 Å². The average Bonchev–Trinajstić information content (AvgIpc) is 3.02. The molecular weight excluding hydrogens is 348 g/mol. The molecule has 1 aromatic heterocycles. The zero-order valence-electron chi connectivity index (χ0n) is 17.1. The molecule has 0 spiro atoms. The number of aromatic nitrogens is 1. The number of aromatic amines is 1. The molecule has 2 aromatic carbocycles. The van der Waals surface area contributed by atoms with Crippen molar-refractivity contribution in [3.63, 3.8) is 0 Å². The first-order valence-corrected chi connectivity index (χ1v) is 10.0. The second kappa shape index (κ2) is 7.34. The van der Waals surface area contributed by atoms with Crippen molar-refractivity contribution < 1.29 is 9.53 Å². The van der Waals surface area contributed by atoms with Crippen LogP contribution in [0.4, 0.5) is 0 Å². The molecule has 1 heterocycles. The summed E-state index contributed by atoms with van der Waals surface area (Å²) in [6.07, 6.45) is 2.79. The monoisotopic (exact) mass is 376 g/mol. The smallest absolute Gasteiger partial charge is 0.258 e. The molecule has 0 fully saturated rings. The van der Waals surface area contributed by atoms with Crippen molar-refractivity contribution in [2.75, 3.05) is 6.61 Å². The molecule has 4 heteroatoms. The Morgan fingerprint density at radius 1 is 1.14 bits per heavy atom. The summed E-state index contributed by atoms with van der Waals surface area (Å²) in [7, 11) is 0. The van der Waals surface area contributed by atoms with E-state index in [1.165, 1.54) is 33.3 Å². The molecule has 0 saturated carbocycles. The highest BCUT2D eigenvalue weighted by Gasteiger charge is 2.24. The summed E-state index contributed by atoms with van der Waals surface area (Å²) < 4.78 is 5.86. The molecular formula is C24H28N2O2. The lowest BCUT2D eigenvalue weighted by Gasteiger charge is -2.24. The van der Waals surface area contributed by atoms with E-state index in [-0.39, 0.29) is 18.6 Å². The molecule has 1 amide bonds. The van der Waals surface area contributed by atoms with Gasteiger partial charge in [0.15, 0.2) is 6.61 Å². The number of ether oxygens (including phenoxy) is 1. The van der Waals surface area contributed by atoms with E-state index in [4.69, 9.17) is 4.74 Å². The first-order chi connectivity index (χ1) is 13.4. The summed E-state index contributed by atoms with van der Waals surface area (Å²) in [5, 5.41) is 4.48. The highest BCUT2D eigenvalue weighted by molar-refractivity contribution is 5.86. The third-order valence-electron chi connectivity index (χ3n) is 5.93. The summed E-state index contributed by atoms with van der Waals surface area (Å²) in [6.45, 7) is 8.29. The van der Waals surface area contributed by atoms with E-state index in [0.717, 1.165) is 36.1 Å². The number of rotatable bonds is 4. The number of aryl methyl sites for hydroxylation is 4. The van der Waals surface area contributed by atoms with Crippen molar-refractivity contribution in [1.29, 1.82) is 0 Å². The van der Waals surface area contributed by atoms with Gasteiger partial charge in [0.05, 0.1) is 0 Å². The van der Waals surface area contributed by atoms with Gasteiger partial charge in [0.2, 0.25) is 0 Å². The molecule has 28 heavy (non-hydrogen) atoms. The minimum atomic E-state index is -0.0549. The van der Waals surface area contributed by atoms with Gasteiger partial charge in [-0.25, -0.2) is 0 Å². The Labute approximate surface area is 166 Å². The van der Waals surface area contributed by atoms with Gasteiger partial charge in [-0.2, -0.15) is 0 Å².